The van der Waals surface area contributed by atoms with Crippen LogP contribution in [0.25, 0.3) is 0 Å². The van der Waals surface area contributed by atoms with Gasteiger partial charge in [-0.1, -0.05) is 32.6 Å². The maximum Gasteiger partial charge on any atom is 0.259 e. The highest BCUT2D eigenvalue weighted by Crippen LogP contribution is 2.27. The third-order valence-corrected chi connectivity index (χ3v) is 5.82. The number of likely N-dealkylation sites (N-methyl/N-ethyl adjacent to an activating group) is 1. The van der Waals surface area contributed by atoms with Crippen molar-refractivity contribution in [2.24, 2.45) is 11.8 Å². The van der Waals surface area contributed by atoms with Crippen LogP contribution in [0.1, 0.15) is 55.6 Å². The molecule has 182 valence electrons. The standard InChI is InChI=1S/C26H35N5O3/c1-18(2)7-6-8-21-9-23-25(29-12-21)34-24(15-30(5)14-22-10-27-17-28-11-22)19(3)13-31(26(23)33)20(4)16-32/h9-12,17-20,24,32H,7,13-16H2,1-5H3/t19-,20-,24-/m0/s1. The Morgan fingerprint density at radius 3 is 2.68 bits per heavy atom. The normalized spacial score (nSPS) is 19.1. The van der Waals surface area contributed by atoms with E-state index in [0.29, 0.717) is 42.6 Å². The summed E-state index contributed by atoms with van der Waals surface area (Å²) in [7, 11) is 2.02. The van der Waals surface area contributed by atoms with E-state index >= 15 is 0 Å². The molecule has 8 nitrogen and oxygen atoms in total. The number of ether oxygens (including phenoxy) is 1. The Morgan fingerprint density at radius 1 is 1.26 bits per heavy atom. The molecule has 1 aliphatic rings. The highest BCUT2D eigenvalue weighted by atomic mass is 16.5. The molecule has 0 aromatic carbocycles. The minimum absolute atomic E-state index is 0.0212. The number of rotatable bonds is 7. The van der Waals surface area contributed by atoms with E-state index in [1.165, 1.54) is 6.33 Å². The van der Waals surface area contributed by atoms with Crippen molar-refractivity contribution in [1.29, 1.82) is 0 Å². The van der Waals surface area contributed by atoms with Crippen LogP contribution in [0.3, 0.4) is 0 Å². The Morgan fingerprint density at radius 2 is 2.00 bits per heavy atom. The lowest BCUT2D eigenvalue weighted by molar-refractivity contribution is 0.0325. The Kier molecular flexibility index (Phi) is 8.97. The van der Waals surface area contributed by atoms with Gasteiger partial charge in [0.15, 0.2) is 0 Å². The van der Waals surface area contributed by atoms with Gasteiger partial charge in [-0.2, -0.15) is 0 Å². The Labute approximate surface area is 202 Å². The van der Waals surface area contributed by atoms with Crippen molar-refractivity contribution in [3.8, 4) is 17.7 Å². The molecule has 2 aromatic rings. The van der Waals surface area contributed by atoms with E-state index in [0.717, 1.165) is 12.0 Å². The molecule has 34 heavy (non-hydrogen) atoms. The SMILES string of the molecule is CC(C)CC#Cc1cnc2c(c1)C(=O)N([C@@H](C)CO)C[C@H](C)[C@H](CN(C)Cc1cncnc1)O2. The molecule has 1 N–H and O–H groups in total. The first-order chi connectivity index (χ1) is 16.3. The van der Waals surface area contributed by atoms with Gasteiger partial charge in [0.25, 0.3) is 5.91 Å². The summed E-state index contributed by atoms with van der Waals surface area (Å²) >= 11 is 0. The van der Waals surface area contributed by atoms with E-state index in [-0.39, 0.29) is 30.6 Å². The fourth-order valence-corrected chi connectivity index (χ4v) is 3.84. The molecule has 2 aromatic heterocycles. The number of pyridine rings is 1. The van der Waals surface area contributed by atoms with Gasteiger partial charge >= 0.3 is 0 Å². The van der Waals surface area contributed by atoms with Crippen LogP contribution in [0, 0.1) is 23.7 Å². The zero-order valence-corrected chi connectivity index (χ0v) is 20.7. The van der Waals surface area contributed by atoms with Crippen molar-refractivity contribution >= 4 is 5.91 Å². The van der Waals surface area contributed by atoms with Gasteiger partial charge in [0, 0.05) is 61.7 Å². The van der Waals surface area contributed by atoms with Crippen molar-refractivity contribution in [1.82, 2.24) is 24.8 Å². The summed E-state index contributed by atoms with van der Waals surface area (Å²) in [5.41, 5.74) is 2.07. The van der Waals surface area contributed by atoms with E-state index in [1.807, 2.05) is 14.0 Å². The largest absolute Gasteiger partial charge is 0.472 e. The summed E-state index contributed by atoms with van der Waals surface area (Å²) in [5.74, 6) is 6.86. The Balaban J connectivity index is 1.89. The highest BCUT2D eigenvalue weighted by molar-refractivity contribution is 5.97. The van der Waals surface area contributed by atoms with Gasteiger partial charge in [-0.25, -0.2) is 15.0 Å². The maximum atomic E-state index is 13.5. The molecule has 0 fully saturated rings. The number of aliphatic hydroxyl groups excluding tert-OH is 1. The van der Waals surface area contributed by atoms with Gasteiger partial charge in [-0.15, -0.1) is 0 Å². The number of carbonyl (C=O) groups excluding carboxylic acids is 1. The van der Waals surface area contributed by atoms with E-state index in [4.69, 9.17) is 4.74 Å². The first-order valence-electron chi connectivity index (χ1n) is 11.8. The van der Waals surface area contributed by atoms with E-state index < -0.39 is 0 Å². The fraction of sp³-hybridized carbons (Fsp3) is 0.538. The van der Waals surface area contributed by atoms with Crippen LogP contribution in [0.5, 0.6) is 5.88 Å². The van der Waals surface area contributed by atoms with Crippen molar-refractivity contribution in [3.05, 3.63) is 47.7 Å². The zero-order chi connectivity index (χ0) is 24.7. The summed E-state index contributed by atoms with van der Waals surface area (Å²) < 4.78 is 6.35. The minimum atomic E-state index is -0.323. The van der Waals surface area contributed by atoms with Crippen LogP contribution in [0.4, 0.5) is 0 Å². The van der Waals surface area contributed by atoms with Gasteiger partial charge in [-0.05, 0) is 26.0 Å². The molecular formula is C26H35N5O3. The van der Waals surface area contributed by atoms with E-state index in [1.54, 1.807) is 29.6 Å². The third-order valence-electron chi connectivity index (χ3n) is 5.82. The first kappa shape index (κ1) is 25.6. The molecule has 0 bridgehead atoms. The van der Waals surface area contributed by atoms with Gasteiger partial charge < -0.3 is 14.7 Å². The number of hydrogen-bond acceptors (Lipinski definition) is 7. The molecule has 3 heterocycles. The fourth-order valence-electron chi connectivity index (χ4n) is 3.84. The molecule has 0 unspecified atom stereocenters. The first-order valence-corrected chi connectivity index (χ1v) is 11.8. The van der Waals surface area contributed by atoms with E-state index in [2.05, 4.69) is 52.5 Å². The highest BCUT2D eigenvalue weighted by Gasteiger charge is 2.34. The second-order valence-corrected chi connectivity index (χ2v) is 9.54. The summed E-state index contributed by atoms with van der Waals surface area (Å²) in [6, 6.07) is 1.43. The average Bonchev–Trinajstić information content (AvgIpc) is 2.81. The van der Waals surface area contributed by atoms with Crippen LogP contribution in [0.2, 0.25) is 0 Å². The van der Waals surface area contributed by atoms with Crippen LogP contribution in [0.15, 0.2) is 31.0 Å². The summed E-state index contributed by atoms with van der Waals surface area (Å²) in [5, 5.41) is 9.82. The summed E-state index contributed by atoms with van der Waals surface area (Å²) in [6.45, 7) is 9.79. The lowest BCUT2D eigenvalue weighted by Gasteiger charge is -2.37. The second-order valence-electron chi connectivity index (χ2n) is 9.54. The summed E-state index contributed by atoms with van der Waals surface area (Å²) in [4.78, 5) is 30.0. The Hall–Kier alpha value is -3.02. The quantitative estimate of drug-likeness (QED) is 0.629. The zero-order valence-electron chi connectivity index (χ0n) is 20.7. The molecule has 1 amide bonds. The molecule has 1 aliphatic heterocycles. The topological polar surface area (TPSA) is 91.7 Å². The van der Waals surface area contributed by atoms with Crippen LogP contribution < -0.4 is 4.74 Å². The molecular weight excluding hydrogens is 430 g/mol. The summed E-state index contributed by atoms with van der Waals surface area (Å²) in [6.07, 6.45) is 7.34. The smallest absolute Gasteiger partial charge is 0.259 e. The minimum Gasteiger partial charge on any atom is -0.472 e. The molecule has 0 aliphatic carbocycles. The number of hydrogen-bond donors (Lipinski definition) is 1. The van der Waals surface area contributed by atoms with Crippen molar-refractivity contribution in [2.45, 2.75) is 52.8 Å². The number of amides is 1. The van der Waals surface area contributed by atoms with Crippen LogP contribution in [-0.4, -0.2) is 74.7 Å². The molecule has 8 heteroatoms. The number of aliphatic hydroxyl groups is 1. The molecule has 0 radical (unpaired) electrons. The molecule has 3 rings (SSSR count). The average molecular weight is 466 g/mol. The second kappa shape index (κ2) is 11.9. The van der Waals surface area contributed by atoms with Gasteiger partial charge in [0.1, 0.15) is 18.0 Å². The number of aromatic nitrogens is 3. The lowest BCUT2D eigenvalue weighted by Crippen LogP contribution is -2.49. The van der Waals surface area contributed by atoms with Crippen molar-refractivity contribution in [2.75, 3.05) is 26.7 Å². The van der Waals surface area contributed by atoms with Crippen molar-refractivity contribution < 1.29 is 14.6 Å². The molecule has 0 saturated carbocycles. The van der Waals surface area contributed by atoms with Gasteiger partial charge in [0.2, 0.25) is 5.88 Å². The number of fused-ring (bicyclic) bond motifs is 1. The predicted octanol–water partition coefficient (Wildman–Crippen LogP) is 2.62. The third kappa shape index (κ3) is 6.75. The number of nitrogens with zero attached hydrogens (tertiary/aromatic N) is 5. The molecule has 0 saturated heterocycles. The Bertz CT molecular complexity index is 1020. The maximum absolute atomic E-state index is 13.5. The monoisotopic (exact) mass is 465 g/mol. The van der Waals surface area contributed by atoms with Crippen LogP contribution >= 0.6 is 0 Å². The van der Waals surface area contributed by atoms with Gasteiger partial charge in [-0.3, -0.25) is 9.69 Å². The lowest BCUT2D eigenvalue weighted by atomic mass is 9.99. The van der Waals surface area contributed by atoms with Gasteiger partial charge in [0.05, 0.1) is 12.6 Å². The van der Waals surface area contributed by atoms with Crippen molar-refractivity contribution in [3.63, 3.8) is 0 Å². The molecule has 3 atom stereocenters. The van der Waals surface area contributed by atoms with Crippen LogP contribution in [-0.2, 0) is 6.54 Å². The number of carbonyl (C=O) groups is 1. The van der Waals surface area contributed by atoms with E-state index in [9.17, 15) is 9.90 Å². The predicted molar refractivity (Wildman–Crippen MR) is 130 cm³/mol. The molecule has 0 spiro atoms.